The minimum atomic E-state index is -0.0462. The van der Waals surface area contributed by atoms with Gasteiger partial charge in [-0.05, 0) is 37.5 Å². The minimum absolute atomic E-state index is 0.0241. The van der Waals surface area contributed by atoms with E-state index >= 15 is 0 Å². The average molecular weight is 354 g/mol. The zero-order valence-corrected chi connectivity index (χ0v) is 15.6. The van der Waals surface area contributed by atoms with Crippen LogP contribution in [0.15, 0.2) is 36.4 Å². The molecular weight excluding hydrogens is 328 g/mol. The smallest absolute Gasteiger partial charge is 0.271 e. The first kappa shape index (κ1) is 18.2. The summed E-state index contributed by atoms with van der Waals surface area (Å²) in [5, 5.41) is 7.06. The van der Waals surface area contributed by atoms with E-state index in [1.165, 1.54) is 0 Å². The second kappa shape index (κ2) is 7.72. The second-order valence-corrected chi connectivity index (χ2v) is 7.01. The molecule has 0 radical (unpaired) electrons. The molecule has 2 heterocycles. The van der Waals surface area contributed by atoms with Crippen LogP contribution in [-0.2, 0) is 0 Å². The molecule has 1 saturated heterocycles. The molecule has 1 fully saturated rings. The lowest BCUT2D eigenvalue weighted by Gasteiger charge is -2.28. The van der Waals surface area contributed by atoms with Crippen LogP contribution in [0, 0.1) is 0 Å². The molecule has 1 unspecified atom stereocenters. The number of hydrogen-bond acceptors (Lipinski definition) is 3. The lowest BCUT2D eigenvalue weighted by atomic mass is 10.1. The summed E-state index contributed by atoms with van der Waals surface area (Å²) in [6, 6.07) is 11.2. The van der Waals surface area contributed by atoms with E-state index in [0.29, 0.717) is 30.9 Å². The Balaban J connectivity index is 1.68. The quantitative estimate of drug-likeness (QED) is 0.897. The maximum atomic E-state index is 12.8. The molecule has 0 spiro atoms. The summed E-state index contributed by atoms with van der Waals surface area (Å²) in [4.78, 5) is 29.2. The molecule has 1 N–H and O–H groups in total. The first-order chi connectivity index (χ1) is 12.5. The summed E-state index contributed by atoms with van der Waals surface area (Å²) in [6.07, 6.45) is 0.795. The van der Waals surface area contributed by atoms with Crippen molar-refractivity contribution >= 4 is 11.8 Å². The van der Waals surface area contributed by atoms with Gasteiger partial charge in [0.25, 0.3) is 11.8 Å². The Labute approximate surface area is 154 Å². The third-order valence-electron chi connectivity index (χ3n) is 4.93. The normalized spacial score (nSPS) is 16.9. The zero-order chi connectivity index (χ0) is 18.7. The highest BCUT2D eigenvalue weighted by molar-refractivity contribution is 5.95. The molecule has 3 rings (SSSR count). The fraction of sp³-hybridized carbons (Fsp3) is 0.450. The summed E-state index contributed by atoms with van der Waals surface area (Å²) in [5.74, 6) is 0.254. The number of nitrogens with one attached hydrogen (secondary N) is 1. The molecule has 0 bridgehead atoms. The second-order valence-electron chi connectivity index (χ2n) is 7.01. The van der Waals surface area contributed by atoms with Gasteiger partial charge >= 0.3 is 0 Å². The van der Waals surface area contributed by atoms with Crippen molar-refractivity contribution in [1.82, 2.24) is 20.0 Å². The molecule has 1 aromatic carbocycles. The number of likely N-dealkylation sites (N-methyl/N-ethyl adjacent to an activating group) is 1. The first-order valence-corrected chi connectivity index (χ1v) is 9.21. The number of carbonyl (C=O) groups excluding carboxylic acids is 2. The van der Waals surface area contributed by atoms with Gasteiger partial charge < -0.3 is 9.80 Å². The SMILES string of the molecule is CCN(C(=O)c1ccccc1)C1CCN(C(=O)c2cc(C(C)C)n[nH]2)C1. The zero-order valence-electron chi connectivity index (χ0n) is 15.6. The summed E-state index contributed by atoms with van der Waals surface area (Å²) >= 11 is 0. The highest BCUT2D eigenvalue weighted by atomic mass is 16.2. The van der Waals surface area contributed by atoms with E-state index < -0.39 is 0 Å². The van der Waals surface area contributed by atoms with Gasteiger partial charge in [-0.15, -0.1) is 0 Å². The number of likely N-dealkylation sites (tertiary alicyclic amines) is 1. The number of aromatic amines is 1. The van der Waals surface area contributed by atoms with Crippen LogP contribution >= 0.6 is 0 Å². The van der Waals surface area contributed by atoms with Crippen LogP contribution in [0.4, 0.5) is 0 Å². The van der Waals surface area contributed by atoms with Gasteiger partial charge in [0, 0.05) is 25.2 Å². The van der Waals surface area contributed by atoms with Crippen LogP contribution in [0.3, 0.4) is 0 Å². The van der Waals surface area contributed by atoms with Gasteiger partial charge in [0.1, 0.15) is 5.69 Å². The van der Waals surface area contributed by atoms with Crippen LogP contribution in [0.25, 0.3) is 0 Å². The number of rotatable bonds is 5. The van der Waals surface area contributed by atoms with Crippen LogP contribution in [-0.4, -0.2) is 57.5 Å². The molecular formula is C20H26N4O2. The molecule has 0 aliphatic carbocycles. The Morgan fingerprint density at radius 2 is 2.04 bits per heavy atom. The minimum Gasteiger partial charge on any atom is -0.335 e. The standard InChI is InChI=1S/C20H26N4O2/c1-4-24(19(25)15-8-6-5-7-9-15)16-10-11-23(13-16)20(26)18-12-17(14(2)3)21-22-18/h5-9,12,14,16H,4,10-11,13H2,1-3H3,(H,21,22). The van der Waals surface area contributed by atoms with E-state index in [1.54, 1.807) is 0 Å². The number of H-pyrrole nitrogens is 1. The highest BCUT2D eigenvalue weighted by Crippen LogP contribution is 2.21. The molecule has 1 aliphatic rings. The first-order valence-electron chi connectivity index (χ1n) is 9.21. The molecule has 0 saturated carbocycles. The van der Waals surface area contributed by atoms with E-state index in [-0.39, 0.29) is 23.8 Å². The van der Waals surface area contributed by atoms with Crippen molar-refractivity contribution in [2.75, 3.05) is 19.6 Å². The van der Waals surface area contributed by atoms with Gasteiger partial charge in [-0.2, -0.15) is 5.10 Å². The van der Waals surface area contributed by atoms with Crippen molar-refractivity contribution in [3.63, 3.8) is 0 Å². The van der Waals surface area contributed by atoms with Gasteiger partial charge in [0.15, 0.2) is 0 Å². The number of benzene rings is 1. The van der Waals surface area contributed by atoms with Gasteiger partial charge in [-0.1, -0.05) is 32.0 Å². The summed E-state index contributed by atoms with van der Waals surface area (Å²) in [5.41, 5.74) is 2.10. The van der Waals surface area contributed by atoms with E-state index in [9.17, 15) is 9.59 Å². The Morgan fingerprint density at radius 3 is 2.65 bits per heavy atom. The molecule has 1 aliphatic heterocycles. The van der Waals surface area contributed by atoms with Gasteiger partial charge in [-0.25, -0.2) is 0 Å². The molecule has 6 nitrogen and oxygen atoms in total. The maximum Gasteiger partial charge on any atom is 0.271 e. The predicted molar refractivity (Wildman–Crippen MR) is 100 cm³/mol. The molecule has 6 heteroatoms. The van der Waals surface area contributed by atoms with E-state index in [4.69, 9.17) is 0 Å². The van der Waals surface area contributed by atoms with E-state index in [2.05, 4.69) is 10.2 Å². The third kappa shape index (κ3) is 3.64. The number of aromatic nitrogens is 2. The Hall–Kier alpha value is -2.63. The van der Waals surface area contributed by atoms with E-state index in [0.717, 1.165) is 12.1 Å². The molecule has 1 atom stereocenters. The Bertz CT molecular complexity index is 769. The Morgan fingerprint density at radius 1 is 1.31 bits per heavy atom. The molecule has 2 amide bonds. The van der Waals surface area contributed by atoms with E-state index in [1.807, 2.05) is 67.0 Å². The van der Waals surface area contributed by atoms with Gasteiger partial charge in [0.05, 0.1) is 11.7 Å². The van der Waals surface area contributed by atoms with Crippen molar-refractivity contribution in [3.05, 3.63) is 53.3 Å². The number of hydrogen-bond donors (Lipinski definition) is 1. The topological polar surface area (TPSA) is 69.3 Å². The van der Waals surface area contributed by atoms with Crippen molar-refractivity contribution < 1.29 is 9.59 Å². The van der Waals surface area contributed by atoms with Gasteiger partial charge in [0.2, 0.25) is 0 Å². The molecule has 138 valence electrons. The number of nitrogens with zero attached hydrogens (tertiary/aromatic N) is 3. The van der Waals surface area contributed by atoms with Crippen LogP contribution in [0.1, 0.15) is 59.7 Å². The Kier molecular flexibility index (Phi) is 5.40. The van der Waals surface area contributed by atoms with Crippen molar-refractivity contribution in [2.45, 2.75) is 39.2 Å². The molecule has 26 heavy (non-hydrogen) atoms. The van der Waals surface area contributed by atoms with Crippen LogP contribution in [0.2, 0.25) is 0 Å². The monoisotopic (exact) mass is 354 g/mol. The average Bonchev–Trinajstić information content (AvgIpc) is 3.32. The van der Waals surface area contributed by atoms with Crippen LogP contribution < -0.4 is 0 Å². The fourth-order valence-corrected chi connectivity index (χ4v) is 3.41. The van der Waals surface area contributed by atoms with Crippen LogP contribution in [0.5, 0.6) is 0 Å². The summed E-state index contributed by atoms with van der Waals surface area (Å²) in [6.45, 7) is 7.91. The van der Waals surface area contributed by atoms with Crippen molar-refractivity contribution in [1.29, 1.82) is 0 Å². The van der Waals surface area contributed by atoms with Crippen molar-refractivity contribution in [3.8, 4) is 0 Å². The largest absolute Gasteiger partial charge is 0.335 e. The number of amides is 2. The lowest BCUT2D eigenvalue weighted by Crippen LogP contribution is -2.42. The summed E-state index contributed by atoms with van der Waals surface area (Å²) < 4.78 is 0. The highest BCUT2D eigenvalue weighted by Gasteiger charge is 2.33. The maximum absolute atomic E-state index is 12.8. The predicted octanol–water partition coefficient (Wildman–Crippen LogP) is 2.91. The third-order valence-corrected chi connectivity index (χ3v) is 4.93. The lowest BCUT2D eigenvalue weighted by molar-refractivity contribution is 0.0665. The van der Waals surface area contributed by atoms with Crippen molar-refractivity contribution in [2.24, 2.45) is 0 Å². The molecule has 2 aromatic rings. The number of carbonyl (C=O) groups is 2. The van der Waals surface area contributed by atoms with Gasteiger partial charge in [-0.3, -0.25) is 14.7 Å². The fourth-order valence-electron chi connectivity index (χ4n) is 3.41. The molecule has 1 aromatic heterocycles. The summed E-state index contributed by atoms with van der Waals surface area (Å²) in [7, 11) is 0.